The van der Waals surface area contributed by atoms with Crippen LogP contribution < -0.4 is 0 Å². The van der Waals surface area contributed by atoms with Crippen molar-refractivity contribution in [3.8, 4) is 23.7 Å². The molecule has 0 N–H and O–H groups in total. The van der Waals surface area contributed by atoms with Gasteiger partial charge in [-0.2, -0.15) is 12.6 Å². The standard InChI is InChI=1S/C17H18OS/c1-17(2)8-6-15-11-13(7-9-19)10-14(15)4-3-5-16(18)12-17/h4,11,13,19H,7,9-10,12H2,1-2H3. The van der Waals surface area contributed by atoms with E-state index in [0.717, 1.165) is 29.7 Å². The van der Waals surface area contributed by atoms with Crippen LogP contribution in [0.2, 0.25) is 0 Å². The topological polar surface area (TPSA) is 17.1 Å². The van der Waals surface area contributed by atoms with Gasteiger partial charge in [-0.3, -0.25) is 4.79 Å². The monoisotopic (exact) mass is 270 g/mol. The summed E-state index contributed by atoms with van der Waals surface area (Å²) in [6.07, 6.45) is 6.50. The van der Waals surface area contributed by atoms with E-state index in [2.05, 4.69) is 42.4 Å². The molecule has 19 heavy (non-hydrogen) atoms. The molecule has 1 unspecified atom stereocenters. The molecule has 0 aromatic rings. The highest BCUT2D eigenvalue weighted by Gasteiger charge is 2.22. The molecule has 2 aliphatic carbocycles. The fourth-order valence-electron chi connectivity index (χ4n) is 2.33. The zero-order chi connectivity index (χ0) is 13.9. The zero-order valence-corrected chi connectivity index (χ0v) is 12.3. The van der Waals surface area contributed by atoms with Crippen molar-refractivity contribution in [1.82, 2.24) is 0 Å². The lowest BCUT2D eigenvalue weighted by Crippen LogP contribution is -2.14. The van der Waals surface area contributed by atoms with Gasteiger partial charge in [-0.15, -0.1) is 0 Å². The third-order valence-corrected chi connectivity index (χ3v) is 3.58. The molecule has 98 valence electrons. The Labute approximate surface area is 121 Å². The van der Waals surface area contributed by atoms with E-state index >= 15 is 0 Å². The van der Waals surface area contributed by atoms with Crippen molar-refractivity contribution in [2.45, 2.75) is 33.1 Å². The maximum atomic E-state index is 11.7. The second kappa shape index (κ2) is 5.72. The molecule has 0 amide bonds. The number of hydrogen-bond donors (Lipinski definition) is 1. The van der Waals surface area contributed by atoms with E-state index in [9.17, 15) is 4.79 Å². The number of allylic oxidation sites excluding steroid dienone is 4. The van der Waals surface area contributed by atoms with Crippen LogP contribution in [0.3, 0.4) is 0 Å². The Kier molecular flexibility index (Phi) is 4.23. The van der Waals surface area contributed by atoms with Crippen LogP contribution in [0.4, 0.5) is 0 Å². The lowest BCUT2D eigenvalue weighted by Gasteiger charge is -2.14. The molecule has 1 nitrogen and oxygen atoms in total. The molecule has 2 heteroatoms. The summed E-state index contributed by atoms with van der Waals surface area (Å²) < 4.78 is 0. The molecule has 0 heterocycles. The summed E-state index contributed by atoms with van der Waals surface area (Å²) in [6.45, 7) is 3.98. The van der Waals surface area contributed by atoms with Crippen molar-refractivity contribution in [3.63, 3.8) is 0 Å². The van der Waals surface area contributed by atoms with E-state index in [4.69, 9.17) is 0 Å². The Hall–Kier alpha value is -1.38. The highest BCUT2D eigenvalue weighted by molar-refractivity contribution is 7.80. The number of carbonyl (C=O) groups excluding carboxylic acids is 1. The number of ketones is 1. The average molecular weight is 270 g/mol. The van der Waals surface area contributed by atoms with Crippen LogP contribution in [0.1, 0.15) is 33.1 Å². The zero-order valence-electron chi connectivity index (χ0n) is 11.4. The Balaban J connectivity index is 2.37. The fraction of sp³-hybridized carbons (Fsp3) is 0.471. The first-order chi connectivity index (χ1) is 9.00. The first-order valence-electron chi connectivity index (χ1n) is 6.60. The SMILES string of the molecule is CC1(C)C#CC2=CC(CCS)CC2=CC#CC(=O)C1. The molecule has 0 spiro atoms. The van der Waals surface area contributed by atoms with Gasteiger partial charge in [0.15, 0.2) is 0 Å². The quantitative estimate of drug-likeness (QED) is 0.463. The van der Waals surface area contributed by atoms with Gasteiger partial charge >= 0.3 is 0 Å². The Bertz CT molecular complexity index is 570. The Morgan fingerprint density at radius 2 is 2.21 bits per heavy atom. The number of fused-ring (bicyclic) bond motifs is 1. The van der Waals surface area contributed by atoms with Crippen molar-refractivity contribution < 1.29 is 4.79 Å². The second-order valence-corrected chi connectivity index (χ2v) is 6.18. The fourth-order valence-corrected chi connectivity index (χ4v) is 2.67. The summed E-state index contributed by atoms with van der Waals surface area (Å²) in [5.41, 5.74) is 1.94. The van der Waals surface area contributed by atoms with Crippen molar-refractivity contribution in [2.75, 3.05) is 5.75 Å². The van der Waals surface area contributed by atoms with E-state index in [-0.39, 0.29) is 11.2 Å². The van der Waals surface area contributed by atoms with Gasteiger partial charge in [0.25, 0.3) is 0 Å². The van der Waals surface area contributed by atoms with Crippen molar-refractivity contribution >= 4 is 18.4 Å². The minimum Gasteiger partial charge on any atom is -0.285 e. The maximum Gasteiger partial charge on any atom is 0.207 e. The molecular formula is C17H18OS. The highest BCUT2D eigenvalue weighted by atomic mass is 32.1. The van der Waals surface area contributed by atoms with Crippen LogP contribution >= 0.6 is 12.6 Å². The molecule has 1 atom stereocenters. The number of thiol groups is 1. The van der Waals surface area contributed by atoms with Gasteiger partial charge in [0.05, 0.1) is 0 Å². The lowest BCUT2D eigenvalue weighted by molar-refractivity contribution is -0.115. The van der Waals surface area contributed by atoms with Crippen LogP contribution in [-0.2, 0) is 4.79 Å². The summed E-state index contributed by atoms with van der Waals surface area (Å²) in [4.78, 5) is 11.7. The van der Waals surface area contributed by atoms with Crippen LogP contribution in [-0.4, -0.2) is 11.5 Å². The van der Waals surface area contributed by atoms with Gasteiger partial charge in [0.2, 0.25) is 5.78 Å². The summed E-state index contributed by atoms with van der Waals surface area (Å²) in [7, 11) is 0. The van der Waals surface area contributed by atoms with Gasteiger partial charge in [-0.1, -0.05) is 23.8 Å². The first-order valence-corrected chi connectivity index (χ1v) is 7.23. The van der Waals surface area contributed by atoms with E-state index in [1.54, 1.807) is 0 Å². The molecule has 0 radical (unpaired) electrons. The molecule has 0 fully saturated rings. The van der Waals surface area contributed by atoms with E-state index in [1.165, 1.54) is 0 Å². The molecule has 0 saturated heterocycles. The van der Waals surface area contributed by atoms with Crippen LogP contribution in [0.5, 0.6) is 0 Å². The van der Waals surface area contributed by atoms with Gasteiger partial charge in [0, 0.05) is 17.4 Å². The number of rotatable bonds is 2. The van der Waals surface area contributed by atoms with Gasteiger partial charge < -0.3 is 0 Å². The smallest absolute Gasteiger partial charge is 0.207 e. The number of hydrogen-bond acceptors (Lipinski definition) is 2. The molecule has 0 aliphatic heterocycles. The van der Waals surface area contributed by atoms with Crippen LogP contribution in [0.25, 0.3) is 0 Å². The largest absolute Gasteiger partial charge is 0.285 e. The second-order valence-electron chi connectivity index (χ2n) is 5.73. The third kappa shape index (κ3) is 3.79. The van der Waals surface area contributed by atoms with E-state index in [0.29, 0.717) is 12.3 Å². The van der Waals surface area contributed by atoms with E-state index < -0.39 is 0 Å². The minimum absolute atomic E-state index is 0.0338. The predicted molar refractivity (Wildman–Crippen MR) is 81.7 cm³/mol. The van der Waals surface area contributed by atoms with Gasteiger partial charge in [0.1, 0.15) is 0 Å². The van der Waals surface area contributed by atoms with Crippen molar-refractivity contribution in [3.05, 3.63) is 23.3 Å². The van der Waals surface area contributed by atoms with Crippen LogP contribution in [0.15, 0.2) is 23.3 Å². The Morgan fingerprint density at radius 3 is 2.95 bits per heavy atom. The predicted octanol–water partition coefficient (Wildman–Crippen LogP) is 3.18. The highest BCUT2D eigenvalue weighted by Crippen LogP contribution is 2.32. The molecule has 0 saturated carbocycles. The first kappa shape index (κ1) is 14.0. The third-order valence-electron chi connectivity index (χ3n) is 3.33. The maximum absolute atomic E-state index is 11.7. The summed E-state index contributed by atoms with van der Waals surface area (Å²) >= 11 is 4.29. The van der Waals surface area contributed by atoms with Gasteiger partial charge in [-0.25, -0.2) is 0 Å². The van der Waals surface area contributed by atoms with Crippen molar-refractivity contribution in [2.24, 2.45) is 11.3 Å². The summed E-state index contributed by atoms with van der Waals surface area (Å²) in [6, 6.07) is 0. The molecule has 2 rings (SSSR count). The average Bonchev–Trinajstić information content (AvgIpc) is 2.68. The number of Topliss-reactive ketones (excluding diaryl/α,β-unsaturated/α-hetero) is 1. The normalized spacial score (nSPS) is 24.2. The van der Waals surface area contributed by atoms with Gasteiger partial charge in [-0.05, 0) is 55.9 Å². The summed E-state index contributed by atoms with van der Waals surface area (Å²) in [5, 5.41) is 0. The van der Waals surface area contributed by atoms with Crippen LogP contribution in [0, 0.1) is 35.0 Å². The molecule has 0 aromatic heterocycles. The molecule has 2 aliphatic rings. The van der Waals surface area contributed by atoms with Crippen molar-refractivity contribution in [1.29, 1.82) is 0 Å². The minimum atomic E-state index is -0.309. The summed E-state index contributed by atoms with van der Waals surface area (Å²) in [5.74, 6) is 13.4. The Morgan fingerprint density at radius 1 is 1.42 bits per heavy atom. The molecule has 0 aromatic carbocycles. The van der Waals surface area contributed by atoms with E-state index in [1.807, 2.05) is 19.9 Å². The molecule has 0 bridgehead atoms. The lowest BCUT2D eigenvalue weighted by atomic mass is 9.87. The number of carbonyl (C=O) groups is 1. The molecular weight excluding hydrogens is 252 g/mol.